The fourth-order valence-corrected chi connectivity index (χ4v) is 3.53. The SMILES string of the molecule is CN(CC(=O)N1[C@H]2CCNC[C@@H]1CC2)Cc1ccccn1. The first-order valence-electron chi connectivity index (χ1n) is 7.84. The Morgan fingerprint density at radius 2 is 2.24 bits per heavy atom. The molecule has 2 saturated heterocycles. The van der Waals surface area contributed by atoms with Crippen LogP contribution in [0.25, 0.3) is 0 Å². The zero-order chi connectivity index (χ0) is 14.7. The molecule has 3 heterocycles. The average molecular weight is 288 g/mol. The van der Waals surface area contributed by atoms with Gasteiger partial charge in [-0.05, 0) is 45.0 Å². The Kier molecular flexibility index (Phi) is 4.51. The number of aromatic nitrogens is 1. The zero-order valence-electron chi connectivity index (χ0n) is 12.7. The van der Waals surface area contributed by atoms with Crippen LogP contribution in [0.5, 0.6) is 0 Å². The number of rotatable bonds is 4. The van der Waals surface area contributed by atoms with Crippen molar-refractivity contribution in [2.75, 3.05) is 26.7 Å². The molecule has 0 aromatic carbocycles. The van der Waals surface area contributed by atoms with E-state index in [1.54, 1.807) is 6.20 Å². The van der Waals surface area contributed by atoms with E-state index < -0.39 is 0 Å². The predicted octanol–water partition coefficient (Wildman–Crippen LogP) is 0.866. The highest BCUT2D eigenvalue weighted by Crippen LogP contribution is 2.28. The molecule has 0 radical (unpaired) electrons. The number of hydrogen-bond donors (Lipinski definition) is 1. The van der Waals surface area contributed by atoms with Crippen molar-refractivity contribution in [2.24, 2.45) is 0 Å². The Labute approximate surface area is 126 Å². The van der Waals surface area contributed by atoms with Crippen LogP contribution in [0, 0.1) is 0 Å². The van der Waals surface area contributed by atoms with Crippen LogP contribution in [0.1, 0.15) is 25.0 Å². The summed E-state index contributed by atoms with van der Waals surface area (Å²) in [4.78, 5) is 21.2. The molecular formula is C16H24N4O. The van der Waals surface area contributed by atoms with Crippen LogP contribution in [0.2, 0.25) is 0 Å². The smallest absolute Gasteiger partial charge is 0.237 e. The number of carbonyl (C=O) groups excluding carboxylic acids is 1. The second-order valence-corrected chi connectivity index (χ2v) is 6.17. The maximum absolute atomic E-state index is 12.6. The molecule has 2 fully saturated rings. The molecule has 0 aliphatic carbocycles. The number of hydrogen-bond acceptors (Lipinski definition) is 4. The monoisotopic (exact) mass is 288 g/mol. The lowest BCUT2D eigenvalue weighted by molar-refractivity contribution is -0.134. The lowest BCUT2D eigenvalue weighted by atomic mass is 10.1. The molecule has 1 aromatic rings. The lowest BCUT2D eigenvalue weighted by Crippen LogP contribution is -2.46. The minimum atomic E-state index is 0.268. The summed E-state index contributed by atoms with van der Waals surface area (Å²) in [7, 11) is 1.99. The van der Waals surface area contributed by atoms with Gasteiger partial charge in [-0.3, -0.25) is 14.7 Å². The number of amides is 1. The normalized spacial score (nSPS) is 25.1. The number of nitrogens with zero attached hydrogens (tertiary/aromatic N) is 3. The molecule has 0 spiro atoms. The largest absolute Gasteiger partial charge is 0.334 e. The van der Waals surface area contributed by atoms with Gasteiger partial charge in [0, 0.05) is 31.4 Å². The molecule has 2 aliphatic heterocycles. The second-order valence-electron chi connectivity index (χ2n) is 6.17. The minimum absolute atomic E-state index is 0.268. The third-order valence-electron chi connectivity index (χ3n) is 4.51. The number of fused-ring (bicyclic) bond motifs is 2. The summed E-state index contributed by atoms with van der Waals surface area (Å²) in [6.07, 6.45) is 5.20. The molecule has 0 saturated carbocycles. The van der Waals surface area contributed by atoms with Crippen molar-refractivity contribution in [3.8, 4) is 0 Å². The van der Waals surface area contributed by atoms with Gasteiger partial charge in [0.1, 0.15) is 0 Å². The molecule has 2 atom stereocenters. The summed E-state index contributed by atoms with van der Waals surface area (Å²) in [6.45, 7) is 3.18. The van der Waals surface area contributed by atoms with Gasteiger partial charge in [0.2, 0.25) is 5.91 Å². The van der Waals surface area contributed by atoms with Crippen LogP contribution < -0.4 is 5.32 Å². The highest BCUT2D eigenvalue weighted by Gasteiger charge is 2.37. The first kappa shape index (κ1) is 14.5. The molecule has 1 N–H and O–H groups in total. The van der Waals surface area contributed by atoms with E-state index in [0.717, 1.165) is 31.6 Å². The molecule has 5 heteroatoms. The van der Waals surface area contributed by atoms with Crippen LogP contribution in [0.4, 0.5) is 0 Å². The molecule has 2 aliphatic rings. The van der Waals surface area contributed by atoms with Crippen LogP contribution in [-0.4, -0.2) is 59.5 Å². The molecule has 1 amide bonds. The molecule has 0 unspecified atom stereocenters. The Hall–Kier alpha value is -1.46. The molecular weight excluding hydrogens is 264 g/mol. The molecule has 3 rings (SSSR count). The van der Waals surface area contributed by atoms with E-state index in [0.29, 0.717) is 25.2 Å². The Bertz CT molecular complexity index is 464. The van der Waals surface area contributed by atoms with Gasteiger partial charge in [-0.25, -0.2) is 0 Å². The maximum atomic E-state index is 12.6. The third-order valence-corrected chi connectivity index (χ3v) is 4.51. The van der Waals surface area contributed by atoms with Gasteiger partial charge in [0.05, 0.1) is 12.2 Å². The Morgan fingerprint density at radius 1 is 1.38 bits per heavy atom. The Balaban J connectivity index is 1.58. The fraction of sp³-hybridized carbons (Fsp3) is 0.625. The van der Waals surface area contributed by atoms with E-state index in [1.807, 2.05) is 25.2 Å². The summed E-state index contributed by atoms with van der Waals surface area (Å²) < 4.78 is 0. The van der Waals surface area contributed by atoms with E-state index in [9.17, 15) is 4.79 Å². The molecule has 5 nitrogen and oxygen atoms in total. The van der Waals surface area contributed by atoms with Gasteiger partial charge in [-0.2, -0.15) is 0 Å². The van der Waals surface area contributed by atoms with Crippen molar-refractivity contribution in [2.45, 2.75) is 37.9 Å². The van der Waals surface area contributed by atoms with Gasteiger partial charge in [-0.15, -0.1) is 0 Å². The van der Waals surface area contributed by atoms with Crippen molar-refractivity contribution < 1.29 is 4.79 Å². The van der Waals surface area contributed by atoms with Crippen LogP contribution in [0.3, 0.4) is 0 Å². The highest BCUT2D eigenvalue weighted by molar-refractivity contribution is 5.79. The molecule has 21 heavy (non-hydrogen) atoms. The number of nitrogens with one attached hydrogen (secondary N) is 1. The topological polar surface area (TPSA) is 48.5 Å². The van der Waals surface area contributed by atoms with Crippen LogP contribution >= 0.6 is 0 Å². The van der Waals surface area contributed by atoms with Gasteiger partial charge in [0.25, 0.3) is 0 Å². The molecule has 114 valence electrons. The van der Waals surface area contributed by atoms with Crippen molar-refractivity contribution in [1.82, 2.24) is 20.1 Å². The van der Waals surface area contributed by atoms with Crippen LogP contribution in [0.15, 0.2) is 24.4 Å². The maximum Gasteiger partial charge on any atom is 0.237 e. The van der Waals surface area contributed by atoms with Gasteiger partial charge in [-0.1, -0.05) is 6.07 Å². The van der Waals surface area contributed by atoms with E-state index >= 15 is 0 Å². The van der Waals surface area contributed by atoms with Gasteiger partial charge >= 0.3 is 0 Å². The van der Waals surface area contributed by atoms with Crippen molar-refractivity contribution in [3.05, 3.63) is 30.1 Å². The van der Waals surface area contributed by atoms with Crippen LogP contribution in [-0.2, 0) is 11.3 Å². The summed E-state index contributed by atoms with van der Waals surface area (Å²) in [5.41, 5.74) is 1.01. The summed E-state index contributed by atoms with van der Waals surface area (Å²) in [6, 6.07) is 6.74. The highest BCUT2D eigenvalue weighted by atomic mass is 16.2. The van der Waals surface area contributed by atoms with E-state index in [2.05, 4.69) is 20.1 Å². The quantitative estimate of drug-likeness (QED) is 0.893. The summed E-state index contributed by atoms with van der Waals surface area (Å²) in [5, 5.41) is 3.44. The average Bonchev–Trinajstić information content (AvgIpc) is 2.73. The third kappa shape index (κ3) is 3.41. The van der Waals surface area contributed by atoms with E-state index in [4.69, 9.17) is 0 Å². The molecule has 2 bridgehead atoms. The summed E-state index contributed by atoms with van der Waals surface area (Å²) >= 11 is 0. The standard InChI is InChI=1S/C16H24N4O/c1-19(11-13-4-2-3-8-18-13)12-16(21)20-14-5-6-15(20)10-17-9-7-14/h2-4,8,14-15,17H,5-7,9-12H2,1H3/t14-,15+/m1/s1. The lowest BCUT2D eigenvalue weighted by Gasteiger charge is -2.29. The van der Waals surface area contributed by atoms with Crippen molar-refractivity contribution >= 4 is 5.91 Å². The predicted molar refractivity (Wildman–Crippen MR) is 81.7 cm³/mol. The molecule has 1 aromatic heterocycles. The first-order chi connectivity index (χ1) is 10.2. The first-order valence-corrected chi connectivity index (χ1v) is 7.84. The minimum Gasteiger partial charge on any atom is -0.334 e. The summed E-state index contributed by atoms with van der Waals surface area (Å²) in [5.74, 6) is 0.268. The van der Waals surface area contributed by atoms with Gasteiger partial charge < -0.3 is 10.2 Å². The number of carbonyl (C=O) groups is 1. The zero-order valence-corrected chi connectivity index (χ0v) is 12.7. The Morgan fingerprint density at radius 3 is 3.05 bits per heavy atom. The fourth-order valence-electron chi connectivity index (χ4n) is 3.53. The van der Waals surface area contributed by atoms with Crippen molar-refractivity contribution in [1.29, 1.82) is 0 Å². The number of likely N-dealkylation sites (N-methyl/N-ethyl adjacent to an activating group) is 1. The van der Waals surface area contributed by atoms with E-state index in [1.165, 1.54) is 6.42 Å². The van der Waals surface area contributed by atoms with Gasteiger partial charge in [0.15, 0.2) is 0 Å². The second kappa shape index (κ2) is 6.54. The van der Waals surface area contributed by atoms with E-state index in [-0.39, 0.29) is 5.91 Å². The number of pyridine rings is 1. The van der Waals surface area contributed by atoms with Crippen molar-refractivity contribution in [3.63, 3.8) is 0 Å².